The van der Waals surface area contributed by atoms with Crippen LogP contribution in [0.2, 0.25) is 0 Å². The number of cyclic esters (lactones) is 2. The molecule has 0 amide bonds. The maximum Gasteiger partial charge on any atom is 0.317 e. The van der Waals surface area contributed by atoms with Crippen LogP contribution in [0.4, 0.5) is 0 Å². The molecule has 2 aliphatic rings. The van der Waals surface area contributed by atoms with Gasteiger partial charge in [-0.1, -0.05) is 23.3 Å². The number of hydrogen-bond acceptors (Lipinski definition) is 3. The van der Waals surface area contributed by atoms with Gasteiger partial charge in [0.1, 0.15) is 0 Å². The van der Waals surface area contributed by atoms with E-state index in [-0.39, 0.29) is 23.8 Å². The van der Waals surface area contributed by atoms with E-state index in [4.69, 9.17) is 0 Å². The van der Waals surface area contributed by atoms with Crippen molar-refractivity contribution < 1.29 is 14.3 Å². The molecule has 2 rings (SSSR count). The van der Waals surface area contributed by atoms with E-state index in [2.05, 4.69) is 23.8 Å². The van der Waals surface area contributed by atoms with E-state index in [9.17, 15) is 9.59 Å². The molecule has 0 radical (unpaired) electrons. The summed E-state index contributed by atoms with van der Waals surface area (Å²) in [6, 6.07) is 0. The third-order valence-electron chi connectivity index (χ3n) is 3.77. The van der Waals surface area contributed by atoms with E-state index in [1.54, 1.807) is 0 Å². The van der Waals surface area contributed by atoms with E-state index in [0.717, 1.165) is 12.8 Å². The molecule has 1 saturated heterocycles. The van der Waals surface area contributed by atoms with Gasteiger partial charge in [-0.15, -0.1) is 0 Å². The van der Waals surface area contributed by atoms with Gasteiger partial charge in [-0.25, -0.2) is 0 Å². The van der Waals surface area contributed by atoms with E-state index in [0.29, 0.717) is 12.8 Å². The molecule has 1 fully saturated rings. The van der Waals surface area contributed by atoms with Gasteiger partial charge in [0.25, 0.3) is 0 Å². The van der Waals surface area contributed by atoms with Gasteiger partial charge < -0.3 is 4.74 Å². The molecular weight excluding hydrogens is 216 g/mol. The molecular formula is C14H18O3. The molecule has 3 nitrogen and oxygen atoms in total. The summed E-state index contributed by atoms with van der Waals surface area (Å²) in [7, 11) is 0. The highest BCUT2D eigenvalue weighted by Gasteiger charge is 2.45. The first-order chi connectivity index (χ1) is 8.11. The van der Waals surface area contributed by atoms with Gasteiger partial charge in [-0.3, -0.25) is 9.59 Å². The lowest BCUT2D eigenvalue weighted by molar-refractivity contribution is -0.153. The van der Waals surface area contributed by atoms with Crippen LogP contribution >= 0.6 is 0 Å². The second-order valence-electron chi connectivity index (χ2n) is 4.89. The van der Waals surface area contributed by atoms with Gasteiger partial charge in [0.15, 0.2) is 0 Å². The average molecular weight is 234 g/mol. The quantitative estimate of drug-likeness (QED) is 0.428. The lowest BCUT2D eigenvalue weighted by Gasteiger charge is -2.20. The molecule has 2 atom stereocenters. The number of allylic oxidation sites excluding steroid dienone is 4. The Morgan fingerprint density at radius 2 is 2.12 bits per heavy atom. The van der Waals surface area contributed by atoms with Crippen LogP contribution in [0.15, 0.2) is 23.3 Å². The Kier molecular flexibility index (Phi) is 3.46. The van der Waals surface area contributed by atoms with Crippen LogP contribution in [0.5, 0.6) is 0 Å². The van der Waals surface area contributed by atoms with E-state index in [1.165, 1.54) is 11.1 Å². The topological polar surface area (TPSA) is 43.4 Å². The van der Waals surface area contributed by atoms with Crippen molar-refractivity contribution in [2.45, 2.75) is 39.5 Å². The first-order valence-electron chi connectivity index (χ1n) is 6.17. The zero-order valence-corrected chi connectivity index (χ0v) is 10.4. The van der Waals surface area contributed by atoms with Crippen molar-refractivity contribution in [3.8, 4) is 0 Å². The van der Waals surface area contributed by atoms with E-state index < -0.39 is 0 Å². The van der Waals surface area contributed by atoms with Crippen LogP contribution in [0.25, 0.3) is 0 Å². The minimum Gasteiger partial charge on any atom is -0.393 e. The summed E-state index contributed by atoms with van der Waals surface area (Å²) >= 11 is 0. The highest BCUT2D eigenvalue weighted by molar-refractivity contribution is 5.96. The van der Waals surface area contributed by atoms with E-state index >= 15 is 0 Å². The summed E-state index contributed by atoms with van der Waals surface area (Å²) in [4.78, 5) is 22.8. The molecule has 1 heterocycles. The molecule has 0 aromatic rings. The van der Waals surface area contributed by atoms with Crippen molar-refractivity contribution in [3.63, 3.8) is 0 Å². The minimum absolute atomic E-state index is 0.214. The molecule has 1 aliphatic heterocycles. The van der Waals surface area contributed by atoms with Crippen LogP contribution in [0, 0.1) is 11.8 Å². The number of ether oxygens (including phenoxy) is 1. The molecule has 1 aliphatic carbocycles. The summed E-state index contributed by atoms with van der Waals surface area (Å²) in [6.07, 6.45) is 7.61. The van der Waals surface area contributed by atoms with Gasteiger partial charge in [0.2, 0.25) is 0 Å². The zero-order chi connectivity index (χ0) is 12.4. The Hall–Kier alpha value is -1.38. The summed E-state index contributed by atoms with van der Waals surface area (Å²) in [5.41, 5.74) is 2.65. The predicted molar refractivity (Wildman–Crippen MR) is 64.1 cm³/mol. The second-order valence-corrected chi connectivity index (χ2v) is 4.89. The molecule has 0 N–H and O–H groups in total. The monoisotopic (exact) mass is 234 g/mol. The van der Waals surface area contributed by atoms with Crippen LogP contribution in [0.3, 0.4) is 0 Å². The summed E-state index contributed by atoms with van der Waals surface area (Å²) < 4.78 is 4.68. The highest BCUT2D eigenvalue weighted by atomic mass is 16.6. The molecule has 0 aromatic heterocycles. The summed E-state index contributed by atoms with van der Waals surface area (Å²) in [6.45, 7) is 4.15. The number of hydrogen-bond donors (Lipinski definition) is 0. The Labute approximate surface area is 102 Å². The average Bonchev–Trinajstić information content (AvgIpc) is 2.62. The van der Waals surface area contributed by atoms with Gasteiger partial charge >= 0.3 is 11.9 Å². The third kappa shape index (κ3) is 2.48. The van der Waals surface area contributed by atoms with Crippen LogP contribution in [0.1, 0.15) is 39.5 Å². The van der Waals surface area contributed by atoms with E-state index in [1.807, 2.05) is 6.92 Å². The van der Waals surface area contributed by atoms with Crippen molar-refractivity contribution in [1.29, 1.82) is 0 Å². The number of carbonyl (C=O) groups excluding carboxylic acids is 2. The predicted octanol–water partition coefficient (Wildman–Crippen LogP) is 2.77. The maximum absolute atomic E-state index is 11.5. The lowest BCUT2D eigenvalue weighted by atomic mass is 9.80. The smallest absolute Gasteiger partial charge is 0.317 e. The van der Waals surface area contributed by atoms with Crippen molar-refractivity contribution in [2.75, 3.05) is 0 Å². The third-order valence-corrected chi connectivity index (χ3v) is 3.77. The Morgan fingerprint density at radius 3 is 2.82 bits per heavy atom. The van der Waals surface area contributed by atoms with Gasteiger partial charge in [0, 0.05) is 0 Å². The molecule has 3 heteroatoms. The van der Waals surface area contributed by atoms with Crippen LogP contribution < -0.4 is 0 Å². The fourth-order valence-electron chi connectivity index (χ4n) is 2.43. The summed E-state index contributed by atoms with van der Waals surface area (Å²) in [5, 5.41) is 0. The minimum atomic E-state index is -0.333. The number of rotatable bonds is 3. The second kappa shape index (κ2) is 4.86. The Morgan fingerprint density at radius 1 is 1.41 bits per heavy atom. The molecule has 17 heavy (non-hydrogen) atoms. The van der Waals surface area contributed by atoms with Gasteiger partial charge in [-0.05, 0) is 39.5 Å². The number of esters is 2. The molecule has 0 saturated carbocycles. The molecule has 0 bridgehead atoms. The van der Waals surface area contributed by atoms with Crippen molar-refractivity contribution in [1.82, 2.24) is 0 Å². The molecule has 0 spiro atoms. The van der Waals surface area contributed by atoms with Crippen LogP contribution in [-0.2, 0) is 14.3 Å². The molecule has 2 unspecified atom stereocenters. The number of carbonyl (C=O) groups is 2. The highest BCUT2D eigenvalue weighted by Crippen LogP contribution is 2.37. The summed E-state index contributed by atoms with van der Waals surface area (Å²) in [5.74, 6) is -1.09. The lowest BCUT2D eigenvalue weighted by Crippen LogP contribution is -2.21. The molecule has 92 valence electrons. The van der Waals surface area contributed by atoms with Crippen LogP contribution in [-0.4, -0.2) is 11.9 Å². The number of fused-ring (bicyclic) bond motifs is 1. The molecule has 0 aromatic carbocycles. The van der Waals surface area contributed by atoms with Crippen molar-refractivity contribution in [3.05, 3.63) is 23.3 Å². The zero-order valence-electron chi connectivity index (χ0n) is 10.4. The van der Waals surface area contributed by atoms with Gasteiger partial charge in [-0.2, -0.15) is 0 Å². The Balaban J connectivity index is 1.98. The SMILES string of the molecule is C/C=C(\C)CCC1=CCC2C(=O)OC(=O)C2C1. The normalized spacial score (nSPS) is 28.8. The van der Waals surface area contributed by atoms with Gasteiger partial charge in [0.05, 0.1) is 11.8 Å². The maximum atomic E-state index is 11.5. The Bertz CT molecular complexity index is 404. The van der Waals surface area contributed by atoms with Crippen molar-refractivity contribution >= 4 is 11.9 Å². The standard InChI is InChI=1S/C14H18O3/c1-3-9(2)4-5-10-6-7-11-12(8-10)14(16)17-13(11)15/h3,6,11-12H,4-5,7-8H2,1-2H3/b9-3+. The fraction of sp³-hybridized carbons (Fsp3) is 0.571. The largest absolute Gasteiger partial charge is 0.393 e. The van der Waals surface area contributed by atoms with Crippen molar-refractivity contribution in [2.24, 2.45) is 11.8 Å². The first-order valence-corrected chi connectivity index (χ1v) is 6.17. The first kappa shape index (κ1) is 12.1. The fourth-order valence-corrected chi connectivity index (χ4v) is 2.43.